The maximum Gasteiger partial charge on any atom is 0.318 e. The molecule has 2 aliphatic rings. The number of nitrogens with one attached hydrogen (secondary N) is 3. The summed E-state index contributed by atoms with van der Waals surface area (Å²) in [6.45, 7) is 5.38. The van der Waals surface area contributed by atoms with Gasteiger partial charge in [0.1, 0.15) is 12.1 Å². The summed E-state index contributed by atoms with van der Waals surface area (Å²) in [6.07, 6.45) is 5.84. The molecule has 1 aliphatic heterocycles. The summed E-state index contributed by atoms with van der Waals surface area (Å²) in [6, 6.07) is 6.86. The van der Waals surface area contributed by atoms with E-state index in [0.29, 0.717) is 38.6 Å². The molecule has 1 saturated carbocycles. The number of ketones is 1. The first-order chi connectivity index (χ1) is 18.3. The minimum atomic E-state index is -1.18. The van der Waals surface area contributed by atoms with Crippen molar-refractivity contribution in [3.8, 4) is 0 Å². The minimum Gasteiger partial charge on any atom is -0.378 e. The molecule has 2 atom stereocenters. The predicted molar refractivity (Wildman–Crippen MR) is 142 cm³/mol. The summed E-state index contributed by atoms with van der Waals surface area (Å²) in [5, 5.41) is 8.20. The molecule has 0 spiro atoms. The number of hydrogen-bond acceptors (Lipinski definition) is 6. The van der Waals surface area contributed by atoms with E-state index in [9.17, 15) is 19.2 Å². The van der Waals surface area contributed by atoms with Crippen molar-refractivity contribution in [3.63, 3.8) is 0 Å². The quantitative estimate of drug-likeness (QED) is 0.356. The summed E-state index contributed by atoms with van der Waals surface area (Å²) in [4.78, 5) is 53.7. The van der Waals surface area contributed by atoms with E-state index in [1.165, 1.54) is 6.42 Å². The molecule has 1 heterocycles. The van der Waals surface area contributed by atoms with E-state index in [0.717, 1.165) is 31.2 Å². The summed E-state index contributed by atoms with van der Waals surface area (Å²) >= 11 is 0. The topological polar surface area (TPSA) is 126 Å². The molecular weight excluding hydrogens is 488 g/mol. The summed E-state index contributed by atoms with van der Waals surface area (Å²) in [5.74, 6) is -1.75. The number of ether oxygens (including phenoxy) is 2. The molecule has 38 heavy (non-hydrogen) atoms. The van der Waals surface area contributed by atoms with Crippen LogP contribution in [-0.4, -0.2) is 79.6 Å². The van der Waals surface area contributed by atoms with E-state index in [-0.39, 0.29) is 25.3 Å². The molecule has 1 aromatic rings. The van der Waals surface area contributed by atoms with Gasteiger partial charge in [0, 0.05) is 19.1 Å². The van der Waals surface area contributed by atoms with Crippen LogP contribution in [0.5, 0.6) is 0 Å². The highest BCUT2D eigenvalue weighted by Crippen LogP contribution is 2.27. The number of carbonyl (C=O) groups excluding carboxylic acids is 4. The zero-order valence-corrected chi connectivity index (χ0v) is 22.6. The van der Waals surface area contributed by atoms with Gasteiger partial charge in [-0.15, -0.1) is 0 Å². The zero-order valence-electron chi connectivity index (χ0n) is 22.6. The second-order valence-electron chi connectivity index (χ2n) is 10.4. The van der Waals surface area contributed by atoms with Gasteiger partial charge in [0.2, 0.25) is 11.7 Å². The number of rotatable bonds is 12. The van der Waals surface area contributed by atoms with Gasteiger partial charge < -0.3 is 30.3 Å². The number of Topliss-reactive ketones (excluding diaryl/α,β-unsaturated/α-hetero) is 1. The molecule has 3 N–H and O–H groups in total. The van der Waals surface area contributed by atoms with Crippen LogP contribution in [0, 0.1) is 5.92 Å². The predicted octanol–water partition coefficient (Wildman–Crippen LogP) is 2.16. The first-order valence-corrected chi connectivity index (χ1v) is 13.7. The summed E-state index contributed by atoms with van der Waals surface area (Å²) < 4.78 is 11.1. The monoisotopic (exact) mass is 530 g/mol. The lowest BCUT2D eigenvalue weighted by molar-refractivity contribution is -0.141. The molecule has 3 rings (SSSR count). The van der Waals surface area contributed by atoms with Crippen molar-refractivity contribution in [2.45, 2.75) is 77.1 Å². The Kier molecular flexibility index (Phi) is 12.0. The lowest BCUT2D eigenvalue weighted by atomic mass is 9.84. The van der Waals surface area contributed by atoms with E-state index in [4.69, 9.17) is 9.47 Å². The highest BCUT2D eigenvalue weighted by atomic mass is 16.5. The van der Waals surface area contributed by atoms with Gasteiger partial charge in [-0.3, -0.25) is 14.4 Å². The standard InChI is InChI=1S/C28H42N4O6/c1-20(2)29-27(35)25(33)24(19-38-18-22-11-7-4-8-12-22)30-26(34)23(17-21-9-5-3-6-10-21)31-28(36)32-13-15-37-16-14-32/h4,7-8,11-12,20-21,23-24H,3,5-6,9-10,13-19H2,1-2H3,(H,29,35)(H,30,34)(H,31,36)/t23-,24?/m1/s1. The van der Waals surface area contributed by atoms with Crippen LogP contribution in [-0.2, 0) is 30.5 Å². The summed E-state index contributed by atoms with van der Waals surface area (Å²) in [7, 11) is 0. The number of benzene rings is 1. The zero-order chi connectivity index (χ0) is 27.3. The van der Waals surface area contributed by atoms with Crippen molar-refractivity contribution in [1.29, 1.82) is 0 Å². The number of carbonyl (C=O) groups is 4. The fourth-order valence-electron chi connectivity index (χ4n) is 4.81. The Morgan fingerprint density at radius 2 is 1.63 bits per heavy atom. The van der Waals surface area contributed by atoms with Crippen LogP contribution in [0.1, 0.15) is 57.9 Å². The van der Waals surface area contributed by atoms with E-state index in [1.807, 2.05) is 30.3 Å². The van der Waals surface area contributed by atoms with Crippen molar-refractivity contribution >= 4 is 23.6 Å². The second-order valence-corrected chi connectivity index (χ2v) is 10.4. The van der Waals surface area contributed by atoms with Gasteiger partial charge in [-0.05, 0) is 31.7 Å². The Morgan fingerprint density at radius 3 is 2.29 bits per heavy atom. The second kappa shape index (κ2) is 15.4. The molecule has 4 amide bonds. The molecular formula is C28H42N4O6. The van der Waals surface area contributed by atoms with Gasteiger partial charge >= 0.3 is 6.03 Å². The normalized spacial score (nSPS) is 17.9. The largest absolute Gasteiger partial charge is 0.378 e. The van der Waals surface area contributed by atoms with Gasteiger partial charge in [0.25, 0.3) is 5.91 Å². The van der Waals surface area contributed by atoms with Crippen LogP contribution in [0.2, 0.25) is 0 Å². The van der Waals surface area contributed by atoms with Crippen molar-refractivity contribution < 1.29 is 28.7 Å². The number of urea groups is 1. The molecule has 10 heteroatoms. The number of nitrogens with zero attached hydrogens (tertiary/aromatic N) is 1. The SMILES string of the molecule is CC(C)NC(=O)C(=O)C(COCc1ccccc1)NC(=O)[C@@H](CC1CCCCC1)NC(=O)N1CCOCC1. The van der Waals surface area contributed by atoms with Crippen LogP contribution >= 0.6 is 0 Å². The number of hydrogen-bond donors (Lipinski definition) is 3. The molecule has 2 fully saturated rings. The van der Waals surface area contributed by atoms with Gasteiger partial charge in [-0.25, -0.2) is 4.79 Å². The molecule has 1 saturated heterocycles. The van der Waals surface area contributed by atoms with Gasteiger partial charge in [0.05, 0.1) is 26.4 Å². The lowest BCUT2D eigenvalue weighted by Crippen LogP contribution is -2.58. The van der Waals surface area contributed by atoms with E-state index in [1.54, 1.807) is 18.7 Å². The van der Waals surface area contributed by atoms with E-state index >= 15 is 0 Å². The Bertz CT molecular complexity index is 913. The smallest absolute Gasteiger partial charge is 0.318 e. The van der Waals surface area contributed by atoms with Crippen LogP contribution in [0.3, 0.4) is 0 Å². The van der Waals surface area contributed by atoms with Crippen LogP contribution in [0.25, 0.3) is 0 Å². The number of amides is 4. The molecule has 210 valence electrons. The maximum atomic E-state index is 13.5. The van der Waals surface area contributed by atoms with Crippen LogP contribution < -0.4 is 16.0 Å². The molecule has 1 aromatic carbocycles. The third kappa shape index (κ3) is 9.72. The molecule has 0 radical (unpaired) electrons. The maximum absolute atomic E-state index is 13.5. The van der Waals surface area contributed by atoms with Gasteiger partial charge in [-0.1, -0.05) is 62.4 Å². The Morgan fingerprint density at radius 1 is 0.947 bits per heavy atom. The van der Waals surface area contributed by atoms with Gasteiger partial charge in [0.15, 0.2) is 0 Å². The van der Waals surface area contributed by atoms with Crippen LogP contribution in [0.4, 0.5) is 4.79 Å². The molecule has 0 aromatic heterocycles. The fraction of sp³-hybridized carbons (Fsp3) is 0.643. The van der Waals surface area contributed by atoms with E-state index < -0.39 is 29.7 Å². The Labute approximate surface area is 225 Å². The minimum absolute atomic E-state index is 0.168. The Balaban J connectivity index is 1.70. The Hall–Kier alpha value is -2.98. The highest BCUT2D eigenvalue weighted by molar-refractivity contribution is 6.38. The fourth-order valence-corrected chi connectivity index (χ4v) is 4.81. The van der Waals surface area contributed by atoms with Crippen LogP contribution in [0.15, 0.2) is 30.3 Å². The van der Waals surface area contributed by atoms with Crippen molar-refractivity contribution in [2.75, 3.05) is 32.9 Å². The first kappa shape index (κ1) is 29.6. The average molecular weight is 531 g/mol. The lowest BCUT2D eigenvalue weighted by Gasteiger charge is -2.31. The van der Waals surface area contributed by atoms with Crippen molar-refractivity contribution in [3.05, 3.63) is 35.9 Å². The van der Waals surface area contributed by atoms with Gasteiger partial charge in [-0.2, -0.15) is 0 Å². The van der Waals surface area contributed by atoms with Crippen molar-refractivity contribution in [1.82, 2.24) is 20.9 Å². The first-order valence-electron chi connectivity index (χ1n) is 13.7. The third-order valence-electron chi connectivity index (χ3n) is 6.88. The van der Waals surface area contributed by atoms with E-state index in [2.05, 4.69) is 16.0 Å². The van der Waals surface area contributed by atoms with Crippen molar-refractivity contribution in [2.24, 2.45) is 5.92 Å². The molecule has 10 nitrogen and oxygen atoms in total. The average Bonchev–Trinajstić information content (AvgIpc) is 2.93. The number of morpholine rings is 1. The highest BCUT2D eigenvalue weighted by Gasteiger charge is 2.33. The molecule has 0 bridgehead atoms. The summed E-state index contributed by atoms with van der Waals surface area (Å²) in [5.41, 5.74) is 0.907. The third-order valence-corrected chi connectivity index (χ3v) is 6.88. The molecule has 1 aliphatic carbocycles. The molecule has 1 unspecified atom stereocenters.